The minimum atomic E-state index is 0.705. The van der Waals surface area contributed by atoms with Crippen LogP contribution in [0.15, 0.2) is 22.7 Å². The van der Waals surface area contributed by atoms with Gasteiger partial charge in [0.25, 0.3) is 0 Å². The number of halogens is 1. The first-order valence-corrected chi connectivity index (χ1v) is 7.60. The summed E-state index contributed by atoms with van der Waals surface area (Å²) in [6.45, 7) is 2.50. The first-order valence-electron chi connectivity index (χ1n) is 6.40. The average Bonchev–Trinajstić information content (AvgIpc) is 2.38. The van der Waals surface area contributed by atoms with E-state index in [1.807, 2.05) is 38.2 Å². The van der Waals surface area contributed by atoms with Crippen LogP contribution in [0.2, 0.25) is 0 Å². The summed E-state index contributed by atoms with van der Waals surface area (Å²) in [5.41, 5.74) is 1.10. The van der Waals surface area contributed by atoms with Crippen LogP contribution in [0.1, 0.15) is 5.56 Å². The predicted molar refractivity (Wildman–Crippen MR) is 91.3 cm³/mol. The molecule has 0 bridgehead atoms. The summed E-state index contributed by atoms with van der Waals surface area (Å²) in [5, 5.41) is 3.99. The van der Waals surface area contributed by atoms with Crippen molar-refractivity contribution < 1.29 is 4.74 Å². The van der Waals surface area contributed by atoms with Crippen molar-refractivity contribution in [3.63, 3.8) is 0 Å². The zero-order chi connectivity index (χ0) is 15.1. The summed E-state index contributed by atoms with van der Waals surface area (Å²) in [4.78, 5) is 4.13. The van der Waals surface area contributed by atoms with Crippen LogP contribution in [0.3, 0.4) is 0 Å². The van der Waals surface area contributed by atoms with Crippen molar-refractivity contribution in [2.75, 3.05) is 41.3 Å². The molecule has 0 aromatic heterocycles. The number of methoxy groups -OCH3 is 1. The average molecular weight is 360 g/mol. The molecular formula is C14H22BrN3OS. The van der Waals surface area contributed by atoms with Crippen LogP contribution in [-0.4, -0.2) is 56.3 Å². The van der Waals surface area contributed by atoms with E-state index >= 15 is 0 Å². The monoisotopic (exact) mass is 359 g/mol. The number of nitrogens with one attached hydrogen (secondary N) is 1. The summed E-state index contributed by atoms with van der Waals surface area (Å²) < 4.78 is 6.41. The predicted octanol–water partition coefficient (Wildman–Crippen LogP) is 2.33. The Kier molecular flexibility index (Phi) is 7.26. The zero-order valence-electron chi connectivity index (χ0n) is 12.4. The molecule has 0 atom stereocenters. The van der Waals surface area contributed by atoms with Gasteiger partial charge in [0, 0.05) is 36.7 Å². The number of hydrogen-bond acceptors (Lipinski definition) is 3. The van der Waals surface area contributed by atoms with Crippen molar-refractivity contribution in [1.29, 1.82) is 0 Å². The lowest BCUT2D eigenvalue weighted by Gasteiger charge is -2.23. The van der Waals surface area contributed by atoms with Gasteiger partial charge in [0.1, 0.15) is 5.75 Å². The summed E-state index contributed by atoms with van der Waals surface area (Å²) in [5.74, 6) is 0.871. The highest BCUT2D eigenvalue weighted by Crippen LogP contribution is 2.24. The van der Waals surface area contributed by atoms with Gasteiger partial charge in [-0.3, -0.25) is 0 Å². The highest BCUT2D eigenvalue weighted by atomic mass is 79.9. The third kappa shape index (κ3) is 5.64. The Balaban J connectivity index is 2.58. The van der Waals surface area contributed by atoms with Gasteiger partial charge in [0.2, 0.25) is 0 Å². The molecular weight excluding hydrogens is 338 g/mol. The molecule has 0 spiro atoms. The maximum absolute atomic E-state index is 5.38. The van der Waals surface area contributed by atoms with Crippen LogP contribution >= 0.6 is 28.1 Å². The van der Waals surface area contributed by atoms with Gasteiger partial charge in [-0.2, -0.15) is 0 Å². The Bertz CT molecular complexity index is 454. The third-order valence-electron chi connectivity index (χ3n) is 2.83. The van der Waals surface area contributed by atoms with Crippen molar-refractivity contribution in [2.45, 2.75) is 6.54 Å². The molecule has 6 heteroatoms. The van der Waals surface area contributed by atoms with Gasteiger partial charge in [-0.15, -0.1) is 0 Å². The van der Waals surface area contributed by atoms with E-state index in [4.69, 9.17) is 17.0 Å². The molecule has 0 aliphatic carbocycles. The molecule has 0 aliphatic heterocycles. The van der Waals surface area contributed by atoms with Crippen LogP contribution in [0, 0.1) is 0 Å². The van der Waals surface area contributed by atoms with Gasteiger partial charge in [-0.25, -0.2) is 0 Å². The van der Waals surface area contributed by atoms with E-state index in [1.54, 1.807) is 7.11 Å². The summed E-state index contributed by atoms with van der Waals surface area (Å²) in [6, 6.07) is 5.98. The molecule has 0 radical (unpaired) electrons. The van der Waals surface area contributed by atoms with E-state index in [9.17, 15) is 0 Å². The standard InChI is InChI=1S/C14H22BrN3OS/c1-17(2)8-7-16-14(20)18(3)10-11-9-12(15)5-6-13(11)19-4/h5-6,9H,7-8,10H2,1-4H3,(H,16,20). The number of nitrogens with zero attached hydrogens (tertiary/aromatic N) is 2. The lowest BCUT2D eigenvalue weighted by atomic mass is 10.2. The fraction of sp³-hybridized carbons (Fsp3) is 0.500. The van der Waals surface area contributed by atoms with E-state index in [0.717, 1.165) is 34.0 Å². The number of ether oxygens (including phenoxy) is 1. The third-order valence-corrected chi connectivity index (χ3v) is 3.78. The van der Waals surface area contributed by atoms with Gasteiger partial charge in [-0.05, 0) is 44.5 Å². The lowest BCUT2D eigenvalue weighted by Crippen LogP contribution is -2.39. The van der Waals surface area contributed by atoms with Gasteiger partial charge in [0.15, 0.2) is 5.11 Å². The smallest absolute Gasteiger partial charge is 0.169 e. The Labute approximate surface area is 135 Å². The number of rotatable bonds is 6. The van der Waals surface area contributed by atoms with Crippen molar-refractivity contribution >= 4 is 33.3 Å². The van der Waals surface area contributed by atoms with Crippen molar-refractivity contribution in [3.8, 4) is 5.75 Å². The highest BCUT2D eigenvalue weighted by molar-refractivity contribution is 9.10. The molecule has 0 saturated heterocycles. The van der Waals surface area contributed by atoms with Crippen LogP contribution in [-0.2, 0) is 6.54 Å². The minimum absolute atomic E-state index is 0.705. The topological polar surface area (TPSA) is 27.7 Å². The molecule has 1 rings (SSSR count). The maximum atomic E-state index is 5.38. The number of thiocarbonyl (C=S) groups is 1. The molecule has 0 heterocycles. The number of likely N-dealkylation sites (N-methyl/N-ethyl adjacent to an activating group) is 1. The summed E-state index contributed by atoms with van der Waals surface area (Å²) >= 11 is 8.87. The second kappa shape index (κ2) is 8.44. The summed E-state index contributed by atoms with van der Waals surface area (Å²) in [7, 11) is 7.74. The van der Waals surface area contributed by atoms with E-state index in [2.05, 4.69) is 32.2 Å². The van der Waals surface area contributed by atoms with Gasteiger partial charge in [-0.1, -0.05) is 15.9 Å². The van der Waals surface area contributed by atoms with Crippen molar-refractivity contribution in [3.05, 3.63) is 28.2 Å². The Morgan fingerprint density at radius 2 is 2.05 bits per heavy atom. The van der Waals surface area contributed by atoms with E-state index in [-0.39, 0.29) is 0 Å². The fourth-order valence-electron chi connectivity index (χ4n) is 1.72. The molecule has 0 fully saturated rings. The van der Waals surface area contributed by atoms with Crippen LogP contribution in [0.4, 0.5) is 0 Å². The van der Waals surface area contributed by atoms with Gasteiger partial charge < -0.3 is 19.9 Å². The minimum Gasteiger partial charge on any atom is -0.496 e. The van der Waals surface area contributed by atoms with Crippen molar-refractivity contribution in [1.82, 2.24) is 15.1 Å². The molecule has 0 aliphatic rings. The lowest BCUT2D eigenvalue weighted by molar-refractivity contribution is 0.392. The SMILES string of the molecule is COc1ccc(Br)cc1CN(C)C(=S)NCCN(C)C. The largest absolute Gasteiger partial charge is 0.496 e. The molecule has 0 saturated carbocycles. The summed E-state index contributed by atoms with van der Waals surface area (Å²) in [6.07, 6.45) is 0. The normalized spacial score (nSPS) is 10.5. The molecule has 1 aromatic rings. The molecule has 0 unspecified atom stereocenters. The van der Waals surface area contributed by atoms with Crippen LogP contribution in [0.25, 0.3) is 0 Å². The quantitative estimate of drug-likeness (QED) is 0.786. The van der Waals surface area contributed by atoms with E-state index in [1.165, 1.54) is 0 Å². The molecule has 1 aromatic carbocycles. The second-order valence-corrected chi connectivity index (χ2v) is 6.15. The highest BCUT2D eigenvalue weighted by Gasteiger charge is 2.09. The molecule has 112 valence electrons. The first kappa shape index (κ1) is 17.2. The zero-order valence-corrected chi connectivity index (χ0v) is 14.8. The molecule has 0 amide bonds. The second-order valence-electron chi connectivity index (χ2n) is 4.85. The van der Waals surface area contributed by atoms with Crippen molar-refractivity contribution in [2.24, 2.45) is 0 Å². The van der Waals surface area contributed by atoms with E-state index in [0.29, 0.717) is 6.54 Å². The Hall–Kier alpha value is -0.850. The molecule has 1 N–H and O–H groups in total. The Morgan fingerprint density at radius 1 is 1.35 bits per heavy atom. The van der Waals surface area contributed by atoms with Crippen LogP contribution < -0.4 is 10.1 Å². The van der Waals surface area contributed by atoms with Gasteiger partial charge in [0.05, 0.1) is 7.11 Å². The van der Waals surface area contributed by atoms with Gasteiger partial charge >= 0.3 is 0 Å². The first-order chi connectivity index (χ1) is 9.43. The molecule has 20 heavy (non-hydrogen) atoms. The maximum Gasteiger partial charge on any atom is 0.169 e. The van der Waals surface area contributed by atoms with E-state index < -0.39 is 0 Å². The Morgan fingerprint density at radius 3 is 2.65 bits per heavy atom. The number of benzene rings is 1. The molecule has 4 nitrogen and oxygen atoms in total. The van der Waals surface area contributed by atoms with Crippen LogP contribution in [0.5, 0.6) is 5.75 Å². The number of hydrogen-bond donors (Lipinski definition) is 1. The fourth-order valence-corrected chi connectivity index (χ4v) is 2.29.